The highest BCUT2D eigenvalue weighted by Gasteiger charge is 2.22. The van der Waals surface area contributed by atoms with Crippen LogP contribution in [0.4, 0.5) is 14.5 Å². The van der Waals surface area contributed by atoms with Crippen LogP contribution in [-0.4, -0.2) is 40.6 Å². The summed E-state index contributed by atoms with van der Waals surface area (Å²) in [5.74, 6) is -1.63. The number of amides is 2. The highest BCUT2D eigenvalue weighted by Crippen LogP contribution is 2.37. The third-order valence-electron chi connectivity index (χ3n) is 8.08. The fourth-order valence-electron chi connectivity index (χ4n) is 5.45. The minimum atomic E-state index is -0.741. The Hall–Kier alpha value is -5.10. The van der Waals surface area contributed by atoms with Crippen molar-refractivity contribution in [3.8, 4) is 28.0 Å². The second kappa shape index (κ2) is 12.9. The monoisotopic (exact) mass is 617 g/mol. The van der Waals surface area contributed by atoms with Crippen molar-refractivity contribution in [2.24, 2.45) is 14.1 Å². The molecule has 3 aromatic carbocycles. The van der Waals surface area contributed by atoms with E-state index >= 15 is 8.78 Å². The SMILES string of the molecule is COc1cc(-c2cccc(-c3cccc(NC(=O)c4cn(C)c(=O)n(C)c4=O)c3C)c2F)cc(F)c1CN[C@H]1CCC(=O)NC1. The van der Waals surface area contributed by atoms with Gasteiger partial charge in [0.25, 0.3) is 11.5 Å². The van der Waals surface area contributed by atoms with E-state index in [1.54, 1.807) is 49.4 Å². The number of anilines is 1. The summed E-state index contributed by atoms with van der Waals surface area (Å²) in [6.07, 6.45) is 2.21. The first kappa shape index (κ1) is 31.3. The lowest BCUT2D eigenvalue weighted by Crippen LogP contribution is -2.45. The van der Waals surface area contributed by atoms with Crippen molar-refractivity contribution in [1.82, 2.24) is 19.8 Å². The predicted octanol–water partition coefficient (Wildman–Crippen LogP) is 3.63. The number of aryl methyl sites for hydroxylation is 1. The molecule has 45 heavy (non-hydrogen) atoms. The Bertz CT molecular complexity index is 1920. The normalized spacial score (nSPS) is 14.6. The number of hydrogen-bond donors (Lipinski definition) is 3. The molecule has 3 N–H and O–H groups in total. The maximum Gasteiger partial charge on any atom is 0.330 e. The summed E-state index contributed by atoms with van der Waals surface area (Å²) in [5.41, 5.74) is 0.788. The topological polar surface area (TPSA) is 123 Å². The van der Waals surface area contributed by atoms with Crippen LogP contribution in [0.25, 0.3) is 22.3 Å². The van der Waals surface area contributed by atoms with E-state index in [1.807, 2.05) is 0 Å². The second-order valence-corrected chi connectivity index (χ2v) is 11.0. The van der Waals surface area contributed by atoms with Gasteiger partial charge in [-0.25, -0.2) is 13.6 Å². The number of halogens is 2. The molecule has 0 radical (unpaired) electrons. The number of piperidine rings is 1. The highest BCUT2D eigenvalue weighted by molar-refractivity contribution is 6.04. The quantitative estimate of drug-likeness (QED) is 0.278. The van der Waals surface area contributed by atoms with Gasteiger partial charge in [-0.2, -0.15) is 0 Å². The van der Waals surface area contributed by atoms with Gasteiger partial charge in [-0.3, -0.25) is 19.0 Å². The van der Waals surface area contributed by atoms with Crippen LogP contribution in [0.2, 0.25) is 0 Å². The summed E-state index contributed by atoms with van der Waals surface area (Å²) in [7, 11) is 4.14. The average Bonchev–Trinajstić information content (AvgIpc) is 3.03. The molecule has 12 heteroatoms. The van der Waals surface area contributed by atoms with Gasteiger partial charge in [-0.15, -0.1) is 0 Å². The molecule has 1 saturated heterocycles. The van der Waals surface area contributed by atoms with E-state index in [0.717, 1.165) is 9.13 Å². The zero-order valence-electron chi connectivity index (χ0n) is 25.3. The van der Waals surface area contributed by atoms with Gasteiger partial charge in [0.2, 0.25) is 5.91 Å². The molecule has 0 unspecified atom stereocenters. The molecule has 2 heterocycles. The maximum absolute atomic E-state index is 16.2. The molecule has 1 fully saturated rings. The Kier molecular flexibility index (Phi) is 8.96. The molecule has 1 aliphatic rings. The van der Waals surface area contributed by atoms with Gasteiger partial charge in [0.05, 0.1) is 7.11 Å². The molecule has 1 atom stereocenters. The molecule has 5 rings (SSSR count). The number of rotatable bonds is 8. The van der Waals surface area contributed by atoms with Gasteiger partial charge in [0.15, 0.2) is 0 Å². The molecule has 1 aromatic heterocycles. The Morgan fingerprint density at radius 3 is 2.47 bits per heavy atom. The van der Waals surface area contributed by atoms with Crippen molar-refractivity contribution < 1.29 is 23.1 Å². The van der Waals surface area contributed by atoms with E-state index in [4.69, 9.17) is 4.74 Å². The van der Waals surface area contributed by atoms with E-state index < -0.39 is 28.8 Å². The van der Waals surface area contributed by atoms with Crippen molar-refractivity contribution >= 4 is 17.5 Å². The summed E-state index contributed by atoms with van der Waals surface area (Å²) >= 11 is 0. The van der Waals surface area contributed by atoms with Crippen LogP contribution < -0.4 is 31.9 Å². The van der Waals surface area contributed by atoms with Crippen molar-refractivity contribution in [3.05, 3.63) is 104 Å². The van der Waals surface area contributed by atoms with Crippen LogP contribution in [0.3, 0.4) is 0 Å². The Labute approximate surface area is 257 Å². The van der Waals surface area contributed by atoms with Crippen molar-refractivity contribution in [1.29, 1.82) is 0 Å². The second-order valence-electron chi connectivity index (χ2n) is 11.0. The van der Waals surface area contributed by atoms with Gasteiger partial charge in [-0.1, -0.05) is 30.3 Å². The molecule has 0 aliphatic carbocycles. The first-order valence-electron chi connectivity index (χ1n) is 14.3. The summed E-state index contributed by atoms with van der Waals surface area (Å²) in [4.78, 5) is 49.1. The number of ether oxygens (including phenoxy) is 1. The van der Waals surface area contributed by atoms with E-state index in [2.05, 4.69) is 16.0 Å². The number of benzene rings is 3. The van der Waals surface area contributed by atoms with Crippen LogP contribution in [0.5, 0.6) is 5.75 Å². The van der Waals surface area contributed by atoms with Gasteiger partial charge in [0, 0.05) is 68.2 Å². The first-order valence-corrected chi connectivity index (χ1v) is 14.3. The van der Waals surface area contributed by atoms with Crippen molar-refractivity contribution in [2.45, 2.75) is 32.4 Å². The van der Waals surface area contributed by atoms with Crippen LogP contribution in [0, 0.1) is 18.6 Å². The third kappa shape index (κ3) is 6.27. The standard InChI is InChI=1S/C33H33F2N5O5/c1-18-21(7-6-10-27(18)38-31(42)25-17-39(2)33(44)40(3)32(25)43)23-9-5-8-22(30(23)35)19-13-26(34)24(28(14-19)45-4)16-36-20-11-12-29(41)37-15-20/h5-10,13-14,17,20,36H,11-12,15-16H2,1-4H3,(H,37,41)(H,38,42)/t20-/m0/s1. The lowest BCUT2D eigenvalue weighted by molar-refractivity contribution is -0.122. The molecular formula is C33H33F2N5O5. The minimum absolute atomic E-state index is 0.00356. The number of aromatic nitrogens is 2. The summed E-state index contributed by atoms with van der Waals surface area (Å²) in [5, 5.41) is 8.74. The van der Waals surface area contributed by atoms with E-state index in [0.29, 0.717) is 41.8 Å². The van der Waals surface area contributed by atoms with Gasteiger partial charge in [0.1, 0.15) is 22.9 Å². The molecule has 0 bridgehead atoms. The zero-order valence-corrected chi connectivity index (χ0v) is 25.3. The Morgan fingerprint density at radius 1 is 1.04 bits per heavy atom. The number of carbonyl (C=O) groups is 2. The Morgan fingerprint density at radius 2 is 1.76 bits per heavy atom. The van der Waals surface area contributed by atoms with Crippen LogP contribution >= 0.6 is 0 Å². The van der Waals surface area contributed by atoms with Crippen LogP contribution in [-0.2, 0) is 25.4 Å². The van der Waals surface area contributed by atoms with Crippen molar-refractivity contribution in [2.75, 3.05) is 19.0 Å². The molecule has 4 aromatic rings. The fourth-order valence-corrected chi connectivity index (χ4v) is 5.45. The summed E-state index contributed by atoms with van der Waals surface area (Å²) in [6.45, 7) is 2.33. The molecular weight excluding hydrogens is 584 g/mol. The number of carbonyl (C=O) groups excluding carboxylic acids is 2. The largest absolute Gasteiger partial charge is 0.496 e. The first-order chi connectivity index (χ1) is 21.5. The molecule has 10 nitrogen and oxygen atoms in total. The molecule has 2 amide bonds. The molecule has 0 saturated carbocycles. The number of nitrogens with one attached hydrogen (secondary N) is 3. The van der Waals surface area contributed by atoms with Gasteiger partial charge < -0.3 is 25.3 Å². The van der Waals surface area contributed by atoms with Gasteiger partial charge in [-0.05, 0) is 48.2 Å². The van der Waals surface area contributed by atoms with E-state index in [9.17, 15) is 19.2 Å². The lowest BCUT2D eigenvalue weighted by atomic mass is 9.94. The summed E-state index contributed by atoms with van der Waals surface area (Å²) < 4.78 is 39.1. The van der Waals surface area contributed by atoms with E-state index in [-0.39, 0.29) is 46.5 Å². The van der Waals surface area contributed by atoms with E-state index in [1.165, 1.54) is 33.5 Å². The van der Waals surface area contributed by atoms with Gasteiger partial charge >= 0.3 is 5.69 Å². The summed E-state index contributed by atoms with van der Waals surface area (Å²) in [6, 6.07) is 12.6. The van der Waals surface area contributed by atoms with Crippen molar-refractivity contribution in [3.63, 3.8) is 0 Å². The van der Waals surface area contributed by atoms with Crippen LogP contribution in [0.15, 0.2) is 64.3 Å². The maximum atomic E-state index is 16.2. The van der Waals surface area contributed by atoms with Crippen LogP contribution in [0.1, 0.15) is 34.3 Å². The number of hydrogen-bond acceptors (Lipinski definition) is 6. The fraction of sp³-hybridized carbons (Fsp3) is 0.273. The minimum Gasteiger partial charge on any atom is -0.496 e. The molecule has 234 valence electrons. The predicted molar refractivity (Wildman–Crippen MR) is 166 cm³/mol. The number of methoxy groups -OCH3 is 1. The average molecular weight is 618 g/mol. The zero-order chi connectivity index (χ0) is 32.4. The third-order valence-corrected chi connectivity index (χ3v) is 8.08. The highest BCUT2D eigenvalue weighted by atomic mass is 19.1. The Balaban J connectivity index is 1.44. The number of nitrogens with zero attached hydrogens (tertiary/aromatic N) is 2. The molecule has 1 aliphatic heterocycles. The molecule has 0 spiro atoms. The lowest BCUT2D eigenvalue weighted by Gasteiger charge is -2.24. The smallest absolute Gasteiger partial charge is 0.330 e.